The predicted molar refractivity (Wildman–Crippen MR) is 67.2 cm³/mol. The van der Waals surface area contributed by atoms with Gasteiger partial charge < -0.3 is 0 Å². The molecule has 0 saturated carbocycles. The summed E-state index contributed by atoms with van der Waals surface area (Å²) in [6.07, 6.45) is 1.78. The van der Waals surface area contributed by atoms with E-state index in [1.165, 1.54) is 5.56 Å². The van der Waals surface area contributed by atoms with Crippen LogP contribution in [0.4, 0.5) is 0 Å². The molecule has 16 heavy (non-hydrogen) atoms. The topological polar surface area (TPSA) is 30.7 Å². The van der Waals surface area contributed by atoms with Gasteiger partial charge in [0, 0.05) is 11.7 Å². The number of nitrogens with zero attached hydrogens (tertiary/aromatic N) is 3. The highest BCUT2D eigenvalue weighted by Crippen LogP contribution is 2.15. The van der Waals surface area contributed by atoms with E-state index in [2.05, 4.69) is 48.2 Å². The Bertz CT molecular complexity index is 437. The van der Waals surface area contributed by atoms with Gasteiger partial charge in [0.1, 0.15) is 6.33 Å². The number of rotatable bonds is 4. The third kappa shape index (κ3) is 2.85. The standard InChI is InChI=1S/C12H15N3S/c1-10(2)12-13-9-15(14-12)16-8-11-6-4-3-5-7-11/h3-7,9-10H,8H2,1-2H3. The van der Waals surface area contributed by atoms with Crippen molar-refractivity contribution in [3.63, 3.8) is 0 Å². The highest BCUT2D eigenvalue weighted by atomic mass is 32.2. The van der Waals surface area contributed by atoms with E-state index in [-0.39, 0.29) is 0 Å². The first kappa shape index (κ1) is 11.2. The van der Waals surface area contributed by atoms with Crippen LogP contribution in [0.2, 0.25) is 0 Å². The largest absolute Gasteiger partial charge is 0.219 e. The molecule has 0 aliphatic carbocycles. The van der Waals surface area contributed by atoms with Gasteiger partial charge in [-0.2, -0.15) is 4.09 Å². The molecule has 1 aromatic heterocycles. The van der Waals surface area contributed by atoms with Gasteiger partial charge in [0.25, 0.3) is 0 Å². The summed E-state index contributed by atoms with van der Waals surface area (Å²) in [5, 5.41) is 4.39. The average molecular weight is 233 g/mol. The minimum Gasteiger partial charge on any atom is -0.219 e. The second-order valence-corrected chi connectivity index (χ2v) is 4.84. The molecule has 0 spiro atoms. The molecule has 2 rings (SSSR count). The number of benzene rings is 1. The van der Waals surface area contributed by atoms with Gasteiger partial charge >= 0.3 is 0 Å². The van der Waals surface area contributed by atoms with E-state index in [1.54, 1.807) is 18.3 Å². The Hall–Kier alpha value is -1.29. The Kier molecular flexibility index (Phi) is 3.62. The molecule has 0 N–H and O–H groups in total. The molecule has 3 nitrogen and oxygen atoms in total. The van der Waals surface area contributed by atoms with Crippen molar-refractivity contribution < 1.29 is 0 Å². The van der Waals surface area contributed by atoms with E-state index >= 15 is 0 Å². The molecule has 0 aliphatic heterocycles. The van der Waals surface area contributed by atoms with Crippen LogP contribution < -0.4 is 0 Å². The van der Waals surface area contributed by atoms with Crippen LogP contribution in [0.3, 0.4) is 0 Å². The molecule has 0 radical (unpaired) electrons. The van der Waals surface area contributed by atoms with Gasteiger partial charge in [-0.15, -0.1) is 5.10 Å². The molecule has 1 aromatic carbocycles. The lowest BCUT2D eigenvalue weighted by atomic mass is 10.2. The normalized spacial score (nSPS) is 10.9. The fraction of sp³-hybridized carbons (Fsp3) is 0.333. The number of hydrogen-bond acceptors (Lipinski definition) is 3. The molecular weight excluding hydrogens is 218 g/mol. The van der Waals surface area contributed by atoms with Crippen LogP contribution in [-0.4, -0.2) is 14.2 Å². The van der Waals surface area contributed by atoms with Crippen LogP contribution in [0.25, 0.3) is 0 Å². The van der Waals surface area contributed by atoms with Gasteiger partial charge in [-0.1, -0.05) is 44.2 Å². The first-order chi connectivity index (χ1) is 7.75. The van der Waals surface area contributed by atoms with Gasteiger partial charge in [0.2, 0.25) is 0 Å². The zero-order chi connectivity index (χ0) is 11.4. The third-order valence-electron chi connectivity index (χ3n) is 2.21. The molecule has 4 heteroatoms. The summed E-state index contributed by atoms with van der Waals surface area (Å²) >= 11 is 1.65. The summed E-state index contributed by atoms with van der Waals surface area (Å²) in [7, 11) is 0. The number of aromatic nitrogens is 3. The van der Waals surface area contributed by atoms with E-state index in [0.29, 0.717) is 5.92 Å². The Morgan fingerprint density at radius 1 is 1.25 bits per heavy atom. The molecule has 0 bridgehead atoms. The summed E-state index contributed by atoms with van der Waals surface area (Å²) in [6.45, 7) is 4.20. The monoisotopic (exact) mass is 233 g/mol. The van der Waals surface area contributed by atoms with Crippen molar-refractivity contribution in [1.29, 1.82) is 0 Å². The van der Waals surface area contributed by atoms with E-state index in [4.69, 9.17) is 0 Å². The maximum Gasteiger partial charge on any atom is 0.154 e. The van der Waals surface area contributed by atoms with Crippen LogP contribution >= 0.6 is 11.9 Å². The molecule has 0 aliphatic rings. The Morgan fingerprint density at radius 2 is 2.00 bits per heavy atom. The third-order valence-corrected chi connectivity index (χ3v) is 3.12. The van der Waals surface area contributed by atoms with Crippen LogP contribution in [-0.2, 0) is 5.75 Å². The van der Waals surface area contributed by atoms with Gasteiger partial charge in [-0.05, 0) is 17.5 Å². The van der Waals surface area contributed by atoms with Crippen molar-refractivity contribution >= 4 is 11.9 Å². The number of hydrogen-bond donors (Lipinski definition) is 0. The fourth-order valence-electron chi connectivity index (χ4n) is 1.30. The maximum atomic E-state index is 4.39. The summed E-state index contributed by atoms with van der Waals surface area (Å²) in [6, 6.07) is 10.4. The van der Waals surface area contributed by atoms with Crippen molar-refractivity contribution in [3.05, 3.63) is 48.0 Å². The Labute approximate surface area is 100 Å². The lowest BCUT2D eigenvalue weighted by Crippen LogP contribution is -1.93. The van der Waals surface area contributed by atoms with Crippen molar-refractivity contribution in [2.75, 3.05) is 0 Å². The molecule has 1 heterocycles. The fourth-order valence-corrected chi connectivity index (χ4v) is 2.03. The van der Waals surface area contributed by atoms with E-state index in [1.807, 2.05) is 10.2 Å². The zero-order valence-electron chi connectivity index (χ0n) is 9.50. The minimum atomic E-state index is 0.388. The molecule has 0 saturated heterocycles. The van der Waals surface area contributed by atoms with Gasteiger partial charge in [0.15, 0.2) is 5.82 Å². The second kappa shape index (κ2) is 5.16. The quantitative estimate of drug-likeness (QED) is 0.813. The predicted octanol–water partition coefficient (Wildman–Crippen LogP) is 3.10. The molecule has 0 fully saturated rings. The smallest absolute Gasteiger partial charge is 0.154 e. The molecular formula is C12H15N3S. The summed E-state index contributed by atoms with van der Waals surface area (Å²) in [4.78, 5) is 4.26. The Balaban J connectivity index is 1.95. The first-order valence-electron chi connectivity index (χ1n) is 5.34. The van der Waals surface area contributed by atoms with E-state index in [0.717, 1.165) is 11.6 Å². The van der Waals surface area contributed by atoms with Gasteiger partial charge in [-0.25, -0.2) is 4.98 Å². The summed E-state index contributed by atoms with van der Waals surface area (Å²) in [5.74, 6) is 2.21. The van der Waals surface area contributed by atoms with Gasteiger partial charge in [-0.3, -0.25) is 0 Å². The van der Waals surface area contributed by atoms with Crippen molar-refractivity contribution in [2.45, 2.75) is 25.5 Å². The van der Waals surface area contributed by atoms with Crippen molar-refractivity contribution in [3.8, 4) is 0 Å². The van der Waals surface area contributed by atoms with E-state index in [9.17, 15) is 0 Å². The van der Waals surface area contributed by atoms with Gasteiger partial charge in [0.05, 0.1) is 0 Å². The molecule has 84 valence electrons. The summed E-state index contributed by atoms with van der Waals surface area (Å²) in [5.41, 5.74) is 1.30. The Morgan fingerprint density at radius 3 is 2.62 bits per heavy atom. The van der Waals surface area contributed by atoms with Crippen molar-refractivity contribution in [1.82, 2.24) is 14.2 Å². The SMILES string of the molecule is CC(C)c1ncn(SCc2ccccc2)n1. The lowest BCUT2D eigenvalue weighted by Gasteiger charge is -2.00. The second-order valence-electron chi connectivity index (χ2n) is 3.92. The average Bonchev–Trinajstić information content (AvgIpc) is 2.76. The highest BCUT2D eigenvalue weighted by Gasteiger charge is 2.05. The lowest BCUT2D eigenvalue weighted by molar-refractivity contribution is 0.774. The zero-order valence-corrected chi connectivity index (χ0v) is 10.3. The maximum absolute atomic E-state index is 4.39. The molecule has 0 atom stereocenters. The van der Waals surface area contributed by atoms with Crippen LogP contribution in [0.5, 0.6) is 0 Å². The molecule has 0 unspecified atom stereocenters. The van der Waals surface area contributed by atoms with Crippen LogP contribution in [0.15, 0.2) is 36.7 Å². The van der Waals surface area contributed by atoms with E-state index < -0.39 is 0 Å². The van der Waals surface area contributed by atoms with Crippen molar-refractivity contribution in [2.24, 2.45) is 0 Å². The highest BCUT2D eigenvalue weighted by molar-refractivity contribution is 7.96. The molecule has 2 aromatic rings. The molecule has 0 amide bonds. The van der Waals surface area contributed by atoms with Crippen LogP contribution in [0.1, 0.15) is 31.2 Å². The summed E-state index contributed by atoms with van der Waals surface area (Å²) < 4.78 is 1.84. The first-order valence-corrected chi connectivity index (χ1v) is 6.28. The van der Waals surface area contributed by atoms with Crippen LogP contribution in [0, 0.1) is 0 Å². The minimum absolute atomic E-state index is 0.388.